The number of carbonyl (C=O) groups is 3. The summed E-state index contributed by atoms with van der Waals surface area (Å²) in [6.45, 7) is 12.2. The van der Waals surface area contributed by atoms with Gasteiger partial charge in [-0.1, -0.05) is 87.4 Å². The molecule has 326 valence electrons. The van der Waals surface area contributed by atoms with Crippen LogP contribution in [-0.4, -0.2) is 63.2 Å². The van der Waals surface area contributed by atoms with Crippen LogP contribution in [0.4, 0.5) is 26.7 Å². The molecule has 0 aromatic heterocycles. The molecule has 0 saturated heterocycles. The molecular weight excluding hydrogens is 783 g/mol. The van der Waals surface area contributed by atoms with Crippen molar-refractivity contribution in [2.24, 2.45) is 10.7 Å². The lowest BCUT2D eigenvalue weighted by molar-refractivity contribution is -0.253. The molecule has 9 nitrogen and oxygen atoms in total. The summed E-state index contributed by atoms with van der Waals surface area (Å²) in [6.07, 6.45) is 21.9. The van der Waals surface area contributed by atoms with Crippen molar-refractivity contribution in [3.8, 4) is 31.4 Å². The number of primary amides is 1. The fraction of sp³-hybridized carbons (Fsp3) is 0.442. The number of methoxy groups -OCH3 is 1. The van der Waals surface area contributed by atoms with E-state index in [1.165, 1.54) is 64.5 Å². The first-order valence-corrected chi connectivity index (χ1v) is 18.5. The summed E-state index contributed by atoms with van der Waals surface area (Å²) in [7, 11) is 2.82. The van der Waals surface area contributed by atoms with Crippen LogP contribution >= 0.6 is 11.6 Å². The Labute approximate surface area is 348 Å². The SMILES string of the molecule is C#C.C#C.C1CCCCC1.C=C.CC/C=C(/Cc1cc(F)cc(OC(F)(F)C(F)F)c1)N=CC(C)Cl.CNC(N)=O.COC(=O)CCCNC=O.Cc1ccccc1. The van der Waals surface area contributed by atoms with Gasteiger partial charge < -0.3 is 25.8 Å². The first-order valence-electron chi connectivity index (χ1n) is 18.0. The molecule has 15 heteroatoms. The van der Waals surface area contributed by atoms with E-state index in [0.29, 0.717) is 44.0 Å². The Balaban J connectivity index is -0.000000225. The molecule has 2 aromatic carbocycles. The Hall–Kier alpha value is -5.34. The fourth-order valence-electron chi connectivity index (χ4n) is 3.89. The number of aliphatic imine (C=N–C) groups is 1. The van der Waals surface area contributed by atoms with Crippen molar-refractivity contribution in [3.05, 3.63) is 90.4 Å². The van der Waals surface area contributed by atoms with Gasteiger partial charge >= 0.3 is 24.5 Å². The molecule has 1 aliphatic rings. The van der Waals surface area contributed by atoms with E-state index in [0.717, 1.165) is 12.1 Å². The van der Waals surface area contributed by atoms with Crippen LogP contribution in [0.5, 0.6) is 5.75 Å². The number of halogens is 6. The second kappa shape index (κ2) is 44.4. The molecule has 1 atom stereocenters. The number of nitrogens with zero attached hydrogens (tertiary/aromatic N) is 1. The molecule has 2 aromatic rings. The molecule has 4 N–H and O–H groups in total. The van der Waals surface area contributed by atoms with Gasteiger partial charge in [-0.2, -0.15) is 17.6 Å². The number of ether oxygens (including phenoxy) is 2. The number of amides is 3. The molecule has 1 unspecified atom stereocenters. The molecule has 0 radical (unpaired) electrons. The van der Waals surface area contributed by atoms with E-state index >= 15 is 0 Å². The number of nitrogens with one attached hydrogen (secondary N) is 2. The molecule has 1 fully saturated rings. The van der Waals surface area contributed by atoms with Crippen LogP contribution in [0.25, 0.3) is 0 Å². The molecular formula is C43H62ClF5N4O5. The topological polar surface area (TPSA) is 132 Å². The number of aryl methyl sites for hydroxylation is 1. The van der Waals surface area contributed by atoms with Crippen LogP contribution < -0.4 is 21.1 Å². The highest BCUT2D eigenvalue weighted by atomic mass is 35.5. The smallest absolute Gasteiger partial charge is 0.461 e. The molecule has 0 bridgehead atoms. The third-order valence-electron chi connectivity index (χ3n) is 6.41. The minimum atomic E-state index is -4.70. The highest BCUT2D eigenvalue weighted by Gasteiger charge is 2.44. The lowest BCUT2D eigenvalue weighted by Gasteiger charge is -2.17. The van der Waals surface area contributed by atoms with Crippen LogP contribution in [0.1, 0.15) is 82.8 Å². The van der Waals surface area contributed by atoms with Crippen molar-refractivity contribution in [1.29, 1.82) is 0 Å². The van der Waals surface area contributed by atoms with E-state index in [4.69, 9.17) is 11.6 Å². The summed E-state index contributed by atoms with van der Waals surface area (Å²) in [5, 5.41) is 4.29. The number of urea groups is 1. The normalized spacial score (nSPS) is 11.7. The quantitative estimate of drug-likeness (QED) is 0.0270. The van der Waals surface area contributed by atoms with Crippen LogP contribution in [0, 0.1) is 38.4 Å². The Morgan fingerprint density at radius 2 is 1.52 bits per heavy atom. The van der Waals surface area contributed by atoms with Crippen LogP contribution in [0.15, 0.2) is 78.5 Å². The van der Waals surface area contributed by atoms with E-state index in [1.807, 2.05) is 25.1 Å². The second-order valence-electron chi connectivity index (χ2n) is 11.1. The van der Waals surface area contributed by atoms with Crippen molar-refractivity contribution in [2.45, 2.75) is 103 Å². The number of nitrogens with two attached hydrogens (primary N) is 1. The van der Waals surface area contributed by atoms with Gasteiger partial charge in [-0.15, -0.1) is 50.5 Å². The standard InChI is InChI=1S/C16H17ClF5NO.C7H8.C6H11NO3.C6H12.C2H6N2O.C2H4.2C2H2/c1-3-4-13(23-9-10(2)17)6-11-5-12(18)8-14(7-11)24-16(21,22)15(19)20;1-7-5-3-2-4-6-7;1-10-6(9)3-2-4-7-5-8;1-2-4-6-5-3-1;1-4-2(3)5;3*1-2/h4-5,7-10,15H,3,6H2,1-2H3;2-6H,1H3;5H,2-4H2,1H3,(H,7,8);1-6H2;1H3,(H3,3,4,5);1-2H2;2*1-2H/b13-4-,23-9?;;;;;;;. The number of hydrogen-bond acceptors (Lipinski definition) is 6. The van der Waals surface area contributed by atoms with Crippen molar-refractivity contribution in [3.63, 3.8) is 0 Å². The summed E-state index contributed by atoms with van der Waals surface area (Å²) in [5.74, 6) is -1.80. The van der Waals surface area contributed by atoms with Gasteiger partial charge in [0.25, 0.3) is 0 Å². The van der Waals surface area contributed by atoms with Crippen molar-refractivity contribution >= 4 is 36.2 Å². The summed E-state index contributed by atoms with van der Waals surface area (Å²) in [4.78, 5) is 33.8. The molecule has 1 aliphatic carbocycles. The number of alkyl halides is 5. The van der Waals surface area contributed by atoms with Gasteiger partial charge in [0.05, 0.1) is 12.5 Å². The zero-order chi connectivity index (χ0) is 45.8. The summed E-state index contributed by atoms with van der Waals surface area (Å²) >= 11 is 5.77. The molecule has 1 saturated carbocycles. The lowest BCUT2D eigenvalue weighted by Crippen LogP contribution is -2.33. The molecule has 0 aliphatic heterocycles. The Morgan fingerprint density at radius 3 is 1.88 bits per heavy atom. The van der Waals surface area contributed by atoms with Gasteiger partial charge in [-0.05, 0) is 44.4 Å². The van der Waals surface area contributed by atoms with Crippen LogP contribution in [0.2, 0.25) is 0 Å². The number of rotatable bonds is 13. The van der Waals surface area contributed by atoms with Gasteiger partial charge in [0, 0.05) is 44.4 Å². The molecule has 0 heterocycles. The first-order chi connectivity index (χ1) is 27.6. The van der Waals surface area contributed by atoms with Crippen molar-refractivity contribution in [1.82, 2.24) is 10.6 Å². The molecule has 3 rings (SSSR count). The number of allylic oxidation sites excluding steroid dienone is 2. The van der Waals surface area contributed by atoms with Gasteiger partial charge in [0.1, 0.15) is 11.6 Å². The summed E-state index contributed by atoms with van der Waals surface area (Å²) < 4.78 is 72.1. The highest BCUT2D eigenvalue weighted by molar-refractivity contribution is 6.27. The Bertz CT molecular complexity index is 1390. The maximum atomic E-state index is 13.6. The number of esters is 1. The third-order valence-corrected chi connectivity index (χ3v) is 6.52. The average molecular weight is 845 g/mol. The number of benzene rings is 2. The van der Waals surface area contributed by atoms with Gasteiger partial charge in [0.15, 0.2) is 0 Å². The van der Waals surface area contributed by atoms with Crippen LogP contribution in [-0.2, 0) is 20.7 Å². The van der Waals surface area contributed by atoms with E-state index in [-0.39, 0.29) is 23.3 Å². The Morgan fingerprint density at radius 1 is 1.02 bits per heavy atom. The number of hydrogen-bond donors (Lipinski definition) is 3. The number of terminal acetylenes is 2. The first kappa shape index (κ1) is 61.9. The predicted molar refractivity (Wildman–Crippen MR) is 228 cm³/mol. The van der Waals surface area contributed by atoms with E-state index < -0.39 is 30.1 Å². The zero-order valence-corrected chi connectivity index (χ0v) is 35.1. The number of carbonyl (C=O) groups excluding carboxylic acids is 3. The van der Waals surface area contributed by atoms with Gasteiger partial charge in [-0.25, -0.2) is 9.18 Å². The largest absolute Gasteiger partial charge is 0.469 e. The van der Waals surface area contributed by atoms with Crippen molar-refractivity contribution < 1.29 is 45.8 Å². The van der Waals surface area contributed by atoms with Gasteiger partial charge in [0.2, 0.25) is 6.41 Å². The lowest BCUT2D eigenvalue weighted by atomic mass is 10.0. The molecule has 0 spiro atoms. The monoisotopic (exact) mass is 844 g/mol. The minimum absolute atomic E-state index is 0.113. The maximum absolute atomic E-state index is 13.6. The van der Waals surface area contributed by atoms with Crippen LogP contribution in [0.3, 0.4) is 0 Å². The summed E-state index contributed by atoms with van der Waals surface area (Å²) in [5.41, 5.74) is 6.67. The van der Waals surface area contributed by atoms with Crippen molar-refractivity contribution in [2.75, 3.05) is 20.7 Å². The third kappa shape index (κ3) is 43.4. The Kier molecular flexibility index (Phi) is 47.3. The van der Waals surface area contributed by atoms with E-state index in [2.05, 4.69) is 88.7 Å². The van der Waals surface area contributed by atoms with E-state index in [1.54, 1.807) is 13.0 Å². The second-order valence-corrected chi connectivity index (χ2v) is 11.8. The zero-order valence-electron chi connectivity index (χ0n) is 34.3. The average Bonchev–Trinajstić information content (AvgIpc) is 3.22. The predicted octanol–water partition coefficient (Wildman–Crippen LogP) is 10.2. The molecule has 58 heavy (non-hydrogen) atoms. The van der Waals surface area contributed by atoms with Gasteiger partial charge in [-0.3, -0.25) is 14.6 Å². The van der Waals surface area contributed by atoms with E-state index in [9.17, 15) is 36.3 Å². The maximum Gasteiger partial charge on any atom is 0.461 e. The molecule has 3 amide bonds. The highest BCUT2D eigenvalue weighted by Crippen LogP contribution is 2.29. The minimum Gasteiger partial charge on any atom is -0.469 e. The summed E-state index contributed by atoms with van der Waals surface area (Å²) in [6, 6.07) is 12.6. The fourth-order valence-corrected chi connectivity index (χ4v) is 3.94.